The molecule has 0 bridgehead atoms. The van der Waals surface area contributed by atoms with Crippen LogP contribution >= 0.6 is 11.6 Å². The number of aromatic nitrogens is 1. The van der Waals surface area contributed by atoms with Crippen molar-refractivity contribution in [3.05, 3.63) is 75.5 Å². The van der Waals surface area contributed by atoms with E-state index in [0.29, 0.717) is 11.6 Å². The molecule has 2 aromatic carbocycles. The molecule has 0 amide bonds. The summed E-state index contributed by atoms with van der Waals surface area (Å²) in [5.74, 6) is 0.802. The summed E-state index contributed by atoms with van der Waals surface area (Å²) in [5, 5.41) is 1.62. The molecule has 0 unspecified atom stereocenters. The van der Waals surface area contributed by atoms with Gasteiger partial charge < -0.3 is 9.30 Å². The maximum absolute atomic E-state index is 12.2. The van der Waals surface area contributed by atoms with Crippen molar-refractivity contribution in [2.24, 2.45) is 0 Å². The lowest BCUT2D eigenvalue weighted by Gasteiger charge is -2.11. The third-order valence-corrected chi connectivity index (χ3v) is 3.69. The smallest absolute Gasteiger partial charge is 0.251 e. The molecular weight excluding hydrogens is 286 g/mol. The van der Waals surface area contributed by atoms with Crippen molar-refractivity contribution in [2.75, 3.05) is 7.11 Å². The number of pyridine rings is 1. The predicted octanol–water partition coefficient (Wildman–Crippen LogP) is 3.71. The van der Waals surface area contributed by atoms with E-state index in [-0.39, 0.29) is 5.56 Å². The van der Waals surface area contributed by atoms with Crippen molar-refractivity contribution in [3.8, 4) is 5.75 Å². The first-order valence-corrected chi connectivity index (χ1v) is 6.97. The molecule has 0 aliphatic carbocycles. The first kappa shape index (κ1) is 13.7. The Morgan fingerprint density at radius 3 is 2.52 bits per heavy atom. The van der Waals surface area contributed by atoms with Crippen LogP contribution in [0.3, 0.4) is 0 Å². The highest BCUT2D eigenvalue weighted by molar-refractivity contribution is 6.31. The molecule has 0 saturated carbocycles. The van der Waals surface area contributed by atoms with Gasteiger partial charge in [-0.25, -0.2) is 0 Å². The van der Waals surface area contributed by atoms with Gasteiger partial charge in [-0.1, -0.05) is 23.7 Å². The SMILES string of the molecule is COc1ccc(Cn2c(=O)ccc3cc(Cl)ccc32)cc1. The van der Waals surface area contributed by atoms with Gasteiger partial charge in [-0.05, 0) is 47.3 Å². The Balaban J connectivity index is 2.06. The summed E-state index contributed by atoms with van der Waals surface area (Å²) in [5.41, 5.74) is 1.89. The summed E-state index contributed by atoms with van der Waals surface area (Å²) >= 11 is 6.00. The van der Waals surface area contributed by atoms with E-state index in [1.54, 1.807) is 29.9 Å². The molecule has 0 aliphatic heterocycles. The average Bonchev–Trinajstić information content (AvgIpc) is 2.51. The van der Waals surface area contributed by atoms with E-state index in [1.807, 2.05) is 36.4 Å². The monoisotopic (exact) mass is 299 g/mol. The van der Waals surface area contributed by atoms with Gasteiger partial charge in [-0.2, -0.15) is 0 Å². The predicted molar refractivity (Wildman–Crippen MR) is 85.3 cm³/mol. The van der Waals surface area contributed by atoms with Crippen molar-refractivity contribution in [1.82, 2.24) is 4.57 Å². The normalized spacial score (nSPS) is 10.8. The highest BCUT2D eigenvalue weighted by Crippen LogP contribution is 2.19. The van der Waals surface area contributed by atoms with Gasteiger partial charge in [0.25, 0.3) is 5.56 Å². The van der Waals surface area contributed by atoms with Gasteiger partial charge in [0, 0.05) is 11.1 Å². The maximum Gasteiger partial charge on any atom is 0.251 e. The summed E-state index contributed by atoms with van der Waals surface area (Å²) in [6.45, 7) is 0.516. The number of halogens is 1. The van der Waals surface area contributed by atoms with Crippen LogP contribution in [0.25, 0.3) is 10.9 Å². The first-order valence-electron chi connectivity index (χ1n) is 6.59. The Hall–Kier alpha value is -2.26. The average molecular weight is 300 g/mol. The minimum Gasteiger partial charge on any atom is -0.497 e. The third-order valence-electron chi connectivity index (χ3n) is 3.45. The molecule has 1 heterocycles. The molecule has 0 atom stereocenters. The van der Waals surface area contributed by atoms with Gasteiger partial charge in [0.1, 0.15) is 5.75 Å². The quantitative estimate of drug-likeness (QED) is 0.738. The van der Waals surface area contributed by atoms with Gasteiger partial charge in [0.2, 0.25) is 0 Å². The number of ether oxygens (including phenoxy) is 1. The summed E-state index contributed by atoms with van der Waals surface area (Å²) in [6, 6.07) is 16.6. The molecule has 3 rings (SSSR count). The number of fused-ring (bicyclic) bond motifs is 1. The number of benzene rings is 2. The standard InChI is InChI=1S/C17H14ClNO2/c1-21-15-6-2-12(3-7-15)11-19-16-8-5-14(18)10-13(16)4-9-17(19)20/h2-10H,11H2,1H3. The van der Waals surface area contributed by atoms with Crippen LogP contribution in [-0.2, 0) is 6.54 Å². The van der Waals surface area contributed by atoms with Crippen molar-refractivity contribution < 1.29 is 4.74 Å². The number of hydrogen-bond acceptors (Lipinski definition) is 2. The summed E-state index contributed by atoms with van der Waals surface area (Å²) < 4.78 is 6.89. The van der Waals surface area contributed by atoms with Gasteiger partial charge in [0.15, 0.2) is 0 Å². The van der Waals surface area contributed by atoms with Crippen LogP contribution in [0, 0.1) is 0 Å². The highest BCUT2D eigenvalue weighted by Gasteiger charge is 2.05. The molecule has 21 heavy (non-hydrogen) atoms. The largest absolute Gasteiger partial charge is 0.497 e. The van der Waals surface area contributed by atoms with Gasteiger partial charge in [-0.3, -0.25) is 4.79 Å². The zero-order valence-corrected chi connectivity index (χ0v) is 12.3. The molecule has 0 radical (unpaired) electrons. The highest BCUT2D eigenvalue weighted by atomic mass is 35.5. The molecule has 0 spiro atoms. The van der Waals surface area contributed by atoms with E-state index < -0.39 is 0 Å². The number of hydrogen-bond donors (Lipinski definition) is 0. The Morgan fingerprint density at radius 2 is 1.81 bits per heavy atom. The Morgan fingerprint density at radius 1 is 1.05 bits per heavy atom. The van der Waals surface area contributed by atoms with Crippen LogP contribution in [0.15, 0.2) is 59.4 Å². The Labute approximate surface area is 127 Å². The van der Waals surface area contributed by atoms with Crippen LogP contribution in [0.2, 0.25) is 5.02 Å². The molecule has 3 aromatic rings. The zero-order chi connectivity index (χ0) is 14.8. The lowest BCUT2D eigenvalue weighted by molar-refractivity contribution is 0.414. The molecule has 106 valence electrons. The first-order chi connectivity index (χ1) is 10.2. The zero-order valence-electron chi connectivity index (χ0n) is 11.5. The second-order valence-electron chi connectivity index (χ2n) is 4.81. The van der Waals surface area contributed by atoms with E-state index in [9.17, 15) is 4.79 Å². The van der Waals surface area contributed by atoms with Crippen LogP contribution < -0.4 is 10.3 Å². The minimum atomic E-state index is -0.0272. The lowest BCUT2D eigenvalue weighted by Crippen LogP contribution is -2.19. The van der Waals surface area contributed by atoms with E-state index in [2.05, 4.69) is 0 Å². The van der Waals surface area contributed by atoms with Crippen LogP contribution in [0.5, 0.6) is 5.75 Å². The van der Waals surface area contributed by atoms with E-state index in [0.717, 1.165) is 22.2 Å². The van der Waals surface area contributed by atoms with Crippen LogP contribution in [0.4, 0.5) is 0 Å². The molecule has 0 N–H and O–H groups in total. The molecule has 0 aliphatic rings. The Kier molecular flexibility index (Phi) is 3.67. The summed E-state index contributed by atoms with van der Waals surface area (Å²) in [4.78, 5) is 12.2. The fraction of sp³-hybridized carbons (Fsp3) is 0.118. The summed E-state index contributed by atoms with van der Waals surface area (Å²) in [7, 11) is 1.63. The molecule has 1 aromatic heterocycles. The Bertz CT molecular complexity index is 838. The number of rotatable bonds is 3. The topological polar surface area (TPSA) is 31.2 Å². The molecule has 3 nitrogen and oxygen atoms in total. The third kappa shape index (κ3) is 2.78. The fourth-order valence-corrected chi connectivity index (χ4v) is 2.53. The van der Waals surface area contributed by atoms with Crippen LogP contribution in [0.1, 0.15) is 5.56 Å². The maximum atomic E-state index is 12.2. The van der Waals surface area contributed by atoms with E-state index >= 15 is 0 Å². The second-order valence-corrected chi connectivity index (χ2v) is 5.25. The fourth-order valence-electron chi connectivity index (χ4n) is 2.35. The van der Waals surface area contributed by atoms with Crippen molar-refractivity contribution in [2.45, 2.75) is 6.54 Å². The second kappa shape index (κ2) is 5.62. The lowest BCUT2D eigenvalue weighted by atomic mass is 10.1. The molecule has 0 fully saturated rings. The van der Waals surface area contributed by atoms with Gasteiger partial charge in [-0.15, -0.1) is 0 Å². The van der Waals surface area contributed by atoms with Crippen LogP contribution in [-0.4, -0.2) is 11.7 Å². The number of nitrogens with zero attached hydrogens (tertiary/aromatic N) is 1. The van der Waals surface area contributed by atoms with Gasteiger partial charge in [0.05, 0.1) is 19.2 Å². The van der Waals surface area contributed by atoms with Crippen molar-refractivity contribution >= 4 is 22.5 Å². The minimum absolute atomic E-state index is 0.0272. The molecule has 4 heteroatoms. The molecular formula is C17H14ClNO2. The molecule has 0 saturated heterocycles. The van der Waals surface area contributed by atoms with Crippen molar-refractivity contribution in [1.29, 1.82) is 0 Å². The van der Waals surface area contributed by atoms with Gasteiger partial charge >= 0.3 is 0 Å². The van der Waals surface area contributed by atoms with E-state index in [1.165, 1.54) is 0 Å². The van der Waals surface area contributed by atoms with Crippen molar-refractivity contribution in [3.63, 3.8) is 0 Å². The summed E-state index contributed by atoms with van der Waals surface area (Å²) in [6.07, 6.45) is 0. The van der Waals surface area contributed by atoms with E-state index in [4.69, 9.17) is 16.3 Å². The number of methoxy groups -OCH3 is 1.